The molecule has 0 saturated carbocycles. The number of rotatable bonds is 4. The molecule has 1 heterocycles. The van der Waals surface area contributed by atoms with Crippen LogP contribution >= 0.6 is 15.9 Å². The van der Waals surface area contributed by atoms with Gasteiger partial charge >= 0.3 is 5.82 Å². The van der Waals surface area contributed by atoms with E-state index in [1.807, 2.05) is 5.43 Å². The summed E-state index contributed by atoms with van der Waals surface area (Å²) in [6.07, 6.45) is 1.55. The fourth-order valence-corrected chi connectivity index (χ4v) is 1.56. The van der Waals surface area contributed by atoms with Gasteiger partial charge in [0.05, 0.1) is 23.8 Å². The number of carbonyl (C=O) groups excluding carboxylic acids is 1. The van der Waals surface area contributed by atoms with Crippen molar-refractivity contribution in [3.8, 4) is 0 Å². The molecule has 16 heavy (non-hydrogen) atoms. The number of nitrogens with two attached hydrogens (primary N) is 1. The molecule has 1 aromatic rings. The summed E-state index contributed by atoms with van der Waals surface area (Å²) < 4.78 is 1.62. The third-order valence-corrected chi connectivity index (χ3v) is 2.50. The summed E-state index contributed by atoms with van der Waals surface area (Å²) in [6, 6.07) is -0.312. The Bertz CT molecular complexity index is 418. The molecule has 0 aliphatic heterocycles. The van der Waals surface area contributed by atoms with E-state index in [0.717, 1.165) is 0 Å². The van der Waals surface area contributed by atoms with Crippen LogP contribution in [0.4, 0.5) is 5.82 Å². The van der Waals surface area contributed by atoms with Crippen LogP contribution in [0.25, 0.3) is 0 Å². The summed E-state index contributed by atoms with van der Waals surface area (Å²) >= 11 is 3.02. The van der Waals surface area contributed by atoms with Gasteiger partial charge in [-0.05, 0) is 27.8 Å². The van der Waals surface area contributed by atoms with Crippen molar-refractivity contribution in [1.29, 1.82) is 0 Å². The predicted octanol–water partition coefficient (Wildman–Crippen LogP) is 0.495. The number of nitrogens with one attached hydrogen (secondary N) is 1. The summed E-state index contributed by atoms with van der Waals surface area (Å²) in [5.74, 6) is 4.30. The maximum absolute atomic E-state index is 11.0. The minimum atomic E-state index is -0.601. The van der Waals surface area contributed by atoms with E-state index in [0.29, 0.717) is 0 Å². The molecule has 0 aliphatic rings. The molecule has 1 unspecified atom stereocenters. The molecule has 0 fully saturated rings. The van der Waals surface area contributed by atoms with Crippen LogP contribution < -0.4 is 11.3 Å². The monoisotopic (exact) mass is 291 g/mol. The summed E-state index contributed by atoms with van der Waals surface area (Å²) in [5.41, 5.74) is 1.98. The lowest BCUT2D eigenvalue weighted by atomic mass is 10.2. The minimum absolute atomic E-state index is 0.0990. The maximum atomic E-state index is 11.0. The van der Waals surface area contributed by atoms with Crippen molar-refractivity contribution in [1.82, 2.24) is 15.2 Å². The number of nitro groups is 1. The Morgan fingerprint density at radius 3 is 2.94 bits per heavy atom. The van der Waals surface area contributed by atoms with E-state index in [1.165, 1.54) is 10.9 Å². The number of hydrazine groups is 1. The van der Waals surface area contributed by atoms with Gasteiger partial charge in [0.2, 0.25) is 5.91 Å². The third-order valence-electron chi connectivity index (χ3n) is 1.94. The van der Waals surface area contributed by atoms with Gasteiger partial charge in [-0.3, -0.25) is 10.2 Å². The molecule has 1 atom stereocenters. The second kappa shape index (κ2) is 5.03. The fourth-order valence-electron chi connectivity index (χ4n) is 1.13. The highest BCUT2D eigenvalue weighted by Crippen LogP contribution is 2.24. The summed E-state index contributed by atoms with van der Waals surface area (Å²) in [6.45, 7) is 1.71. The molecule has 8 nitrogen and oxygen atoms in total. The number of carbonyl (C=O) groups is 1. The molecule has 1 rings (SSSR count). The molecular weight excluding hydrogens is 282 g/mol. The van der Waals surface area contributed by atoms with Gasteiger partial charge in [-0.25, -0.2) is 5.84 Å². The Labute approximate surface area is 99.0 Å². The van der Waals surface area contributed by atoms with Crippen LogP contribution in [-0.4, -0.2) is 20.6 Å². The van der Waals surface area contributed by atoms with Gasteiger partial charge in [0.15, 0.2) is 0 Å². The lowest BCUT2D eigenvalue weighted by Gasteiger charge is -2.06. The van der Waals surface area contributed by atoms with Crippen molar-refractivity contribution >= 4 is 27.7 Å². The quantitative estimate of drug-likeness (QED) is 0.362. The normalized spacial score (nSPS) is 12.2. The first kappa shape index (κ1) is 12.6. The van der Waals surface area contributed by atoms with Crippen molar-refractivity contribution in [3.63, 3.8) is 0 Å². The van der Waals surface area contributed by atoms with Gasteiger partial charge in [0.1, 0.15) is 4.47 Å². The number of aromatic nitrogens is 2. The fraction of sp³-hybridized carbons (Fsp3) is 0.429. The van der Waals surface area contributed by atoms with Crippen molar-refractivity contribution in [2.24, 2.45) is 5.84 Å². The second-order valence-electron chi connectivity index (χ2n) is 3.16. The van der Waals surface area contributed by atoms with Crippen molar-refractivity contribution in [3.05, 3.63) is 20.8 Å². The van der Waals surface area contributed by atoms with Gasteiger partial charge in [0, 0.05) is 0 Å². The molecule has 0 saturated heterocycles. The largest absolute Gasteiger partial charge is 0.404 e. The Morgan fingerprint density at radius 2 is 2.50 bits per heavy atom. The average molecular weight is 292 g/mol. The first-order chi connectivity index (χ1) is 7.45. The average Bonchev–Trinajstić information content (AvgIpc) is 2.60. The molecular formula is C7H10BrN5O3. The molecule has 0 radical (unpaired) electrons. The van der Waals surface area contributed by atoms with Crippen LogP contribution in [0, 0.1) is 10.1 Å². The Balaban J connectivity index is 2.84. The lowest BCUT2D eigenvalue weighted by molar-refractivity contribution is -0.390. The number of halogens is 1. The topological polar surface area (TPSA) is 116 Å². The number of amides is 1. The van der Waals surface area contributed by atoms with E-state index in [9.17, 15) is 14.9 Å². The first-order valence-corrected chi connectivity index (χ1v) is 5.13. The van der Waals surface area contributed by atoms with Gasteiger partial charge < -0.3 is 10.1 Å². The van der Waals surface area contributed by atoms with E-state index in [-0.39, 0.29) is 28.7 Å². The standard InChI is InChI=1S/C7H10BrN5O3/c1-4(2-6(14)10-9)12-3-5(8)7(11-12)13(15)16/h3-4H,2,9H2,1H3,(H,10,14). The van der Waals surface area contributed by atoms with E-state index >= 15 is 0 Å². The number of hydrogen-bond donors (Lipinski definition) is 2. The molecule has 88 valence electrons. The van der Waals surface area contributed by atoms with Gasteiger partial charge in [0.25, 0.3) is 0 Å². The van der Waals surface area contributed by atoms with Crippen LogP contribution in [0.2, 0.25) is 0 Å². The SMILES string of the molecule is CC(CC(=O)NN)n1cc(Br)c([N+](=O)[O-])n1. The van der Waals surface area contributed by atoms with Gasteiger partial charge in [-0.1, -0.05) is 0 Å². The van der Waals surface area contributed by atoms with Crippen molar-refractivity contribution < 1.29 is 9.72 Å². The number of hydrogen-bond acceptors (Lipinski definition) is 5. The summed E-state index contributed by atoms with van der Waals surface area (Å²) in [7, 11) is 0. The van der Waals surface area contributed by atoms with Crippen molar-refractivity contribution in [2.45, 2.75) is 19.4 Å². The lowest BCUT2D eigenvalue weighted by Crippen LogP contribution is -2.31. The molecule has 0 aromatic carbocycles. The highest BCUT2D eigenvalue weighted by atomic mass is 79.9. The van der Waals surface area contributed by atoms with Crippen LogP contribution in [-0.2, 0) is 4.79 Å². The van der Waals surface area contributed by atoms with Crippen LogP contribution in [0.5, 0.6) is 0 Å². The highest BCUT2D eigenvalue weighted by molar-refractivity contribution is 9.10. The Morgan fingerprint density at radius 1 is 1.88 bits per heavy atom. The van der Waals surface area contributed by atoms with Crippen LogP contribution in [0.1, 0.15) is 19.4 Å². The maximum Gasteiger partial charge on any atom is 0.404 e. The minimum Gasteiger partial charge on any atom is -0.358 e. The molecule has 0 spiro atoms. The predicted molar refractivity (Wildman–Crippen MR) is 58.2 cm³/mol. The Kier molecular flexibility index (Phi) is 3.96. The van der Waals surface area contributed by atoms with E-state index in [4.69, 9.17) is 5.84 Å². The molecule has 0 aliphatic carbocycles. The zero-order valence-corrected chi connectivity index (χ0v) is 9.97. The third kappa shape index (κ3) is 2.76. The smallest absolute Gasteiger partial charge is 0.358 e. The summed E-state index contributed by atoms with van der Waals surface area (Å²) in [4.78, 5) is 20.9. The first-order valence-electron chi connectivity index (χ1n) is 4.34. The number of nitrogens with zero attached hydrogens (tertiary/aromatic N) is 3. The van der Waals surface area contributed by atoms with Crippen LogP contribution in [0.15, 0.2) is 10.7 Å². The van der Waals surface area contributed by atoms with E-state index in [1.54, 1.807) is 6.92 Å². The van der Waals surface area contributed by atoms with E-state index in [2.05, 4.69) is 21.0 Å². The molecule has 9 heteroatoms. The van der Waals surface area contributed by atoms with Crippen molar-refractivity contribution in [2.75, 3.05) is 0 Å². The highest BCUT2D eigenvalue weighted by Gasteiger charge is 2.22. The van der Waals surface area contributed by atoms with E-state index < -0.39 is 4.92 Å². The van der Waals surface area contributed by atoms with Gasteiger partial charge in [-0.15, -0.1) is 0 Å². The molecule has 0 bridgehead atoms. The second-order valence-corrected chi connectivity index (χ2v) is 4.01. The summed E-state index contributed by atoms with van der Waals surface area (Å²) in [5, 5.41) is 14.3. The Hall–Kier alpha value is -1.48. The molecule has 1 amide bonds. The zero-order chi connectivity index (χ0) is 12.3. The van der Waals surface area contributed by atoms with Crippen LogP contribution in [0.3, 0.4) is 0 Å². The zero-order valence-electron chi connectivity index (χ0n) is 8.38. The molecule has 3 N–H and O–H groups in total. The molecule has 1 aromatic heterocycles. The van der Waals surface area contributed by atoms with Gasteiger partial charge in [-0.2, -0.15) is 4.68 Å².